The van der Waals surface area contributed by atoms with E-state index in [1.165, 1.54) is 16.7 Å². The normalized spacial score (nSPS) is 10.3. The van der Waals surface area contributed by atoms with E-state index in [-0.39, 0.29) is 5.91 Å². The highest BCUT2D eigenvalue weighted by Crippen LogP contribution is 2.11. The van der Waals surface area contributed by atoms with E-state index in [1.54, 1.807) is 4.90 Å². The standard InChI is InChI=1S/C19H24N2O/c1-4-16-9-11-18(12-10-16)20-13-19(22)21(3)14-17-8-6-5-7-15(17)2/h5-12,20H,4,13-14H2,1-3H3. The summed E-state index contributed by atoms with van der Waals surface area (Å²) in [6.07, 6.45) is 1.03. The summed E-state index contributed by atoms with van der Waals surface area (Å²) in [7, 11) is 1.84. The topological polar surface area (TPSA) is 32.3 Å². The van der Waals surface area contributed by atoms with Gasteiger partial charge in [0.15, 0.2) is 0 Å². The molecule has 0 saturated heterocycles. The lowest BCUT2D eigenvalue weighted by Crippen LogP contribution is -2.31. The lowest BCUT2D eigenvalue weighted by molar-refractivity contribution is -0.128. The number of rotatable bonds is 6. The second kappa shape index (κ2) is 7.64. The minimum Gasteiger partial charge on any atom is -0.376 e. The van der Waals surface area contributed by atoms with Gasteiger partial charge in [-0.05, 0) is 42.2 Å². The van der Waals surface area contributed by atoms with Crippen molar-refractivity contribution in [1.82, 2.24) is 4.90 Å². The average Bonchev–Trinajstić information content (AvgIpc) is 2.55. The van der Waals surface area contributed by atoms with Gasteiger partial charge in [-0.1, -0.05) is 43.3 Å². The Morgan fingerprint density at radius 3 is 2.41 bits per heavy atom. The fourth-order valence-electron chi connectivity index (χ4n) is 2.30. The molecule has 0 aliphatic rings. The average molecular weight is 296 g/mol. The van der Waals surface area contributed by atoms with E-state index in [0.29, 0.717) is 13.1 Å². The Kier molecular flexibility index (Phi) is 5.59. The smallest absolute Gasteiger partial charge is 0.241 e. The van der Waals surface area contributed by atoms with Crippen LogP contribution in [0.2, 0.25) is 0 Å². The lowest BCUT2D eigenvalue weighted by Gasteiger charge is -2.19. The molecule has 0 aliphatic heterocycles. The molecule has 1 amide bonds. The molecule has 2 aromatic carbocycles. The summed E-state index contributed by atoms with van der Waals surface area (Å²) in [5, 5.41) is 3.19. The van der Waals surface area contributed by atoms with Crippen molar-refractivity contribution in [2.24, 2.45) is 0 Å². The van der Waals surface area contributed by atoms with E-state index in [1.807, 2.05) is 31.3 Å². The van der Waals surface area contributed by atoms with Gasteiger partial charge in [0.2, 0.25) is 5.91 Å². The molecule has 1 N–H and O–H groups in total. The van der Waals surface area contributed by atoms with E-state index in [0.717, 1.165) is 12.1 Å². The van der Waals surface area contributed by atoms with Gasteiger partial charge in [0, 0.05) is 19.3 Å². The van der Waals surface area contributed by atoms with E-state index >= 15 is 0 Å². The molecule has 0 heterocycles. The van der Waals surface area contributed by atoms with Crippen LogP contribution in [0.4, 0.5) is 5.69 Å². The molecule has 116 valence electrons. The maximum atomic E-state index is 12.2. The number of aryl methyl sites for hydroxylation is 2. The van der Waals surface area contributed by atoms with E-state index in [4.69, 9.17) is 0 Å². The highest BCUT2D eigenvalue weighted by Gasteiger charge is 2.10. The van der Waals surface area contributed by atoms with Gasteiger partial charge in [0.05, 0.1) is 6.54 Å². The first-order chi connectivity index (χ1) is 10.6. The minimum absolute atomic E-state index is 0.0859. The van der Waals surface area contributed by atoms with Gasteiger partial charge in [-0.2, -0.15) is 0 Å². The summed E-state index contributed by atoms with van der Waals surface area (Å²) < 4.78 is 0. The van der Waals surface area contributed by atoms with Gasteiger partial charge >= 0.3 is 0 Å². The molecule has 0 atom stereocenters. The van der Waals surface area contributed by atoms with Crippen LogP contribution < -0.4 is 5.32 Å². The number of likely N-dealkylation sites (N-methyl/N-ethyl adjacent to an activating group) is 1. The third-order valence-corrected chi connectivity index (χ3v) is 3.90. The van der Waals surface area contributed by atoms with Crippen molar-refractivity contribution in [1.29, 1.82) is 0 Å². The van der Waals surface area contributed by atoms with E-state index < -0.39 is 0 Å². The molecule has 0 saturated carbocycles. The van der Waals surface area contributed by atoms with Gasteiger partial charge in [0.1, 0.15) is 0 Å². The minimum atomic E-state index is 0.0859. The van der Waals surface area contributed by atoms with Gasteiger partial charge in [-0.15, -0.1) is 0 Å². The number of anilines is 1. The first-order valence-electron chi connectivity index (χ1n) is 7.71. The molecule has 0 aromatic heterocycles. The number of nitrogens with one attached hydrogen (secondary N) is 1. The molecule has 0 bridgehead atoms. The Morgan fingerprint density at radius 2 is 1.77 bits per heavy atom. The first kappa shape index (κ1) is 16.1. The molecule has 0 radical (unpaired) electrons. The van der Waals surface area contributed by atoms with Crippen LogP contribution in [-0.2, 0) is 17.8 Å². The Balaban J connectivity index is 1.87. The van der Waals surface area contributed by atoms with Crippen LogP contribution >= 0.6 is 0 Å². The summed E-state index contributed by atoms with van der Waals surface area (Å²) in [6.45, 7) is 5.16. The molecular weight excluding hydrogens is 272 g/mol. The lowest BCUT2D eigenvalue weighted by atomic mass is 10.1. The van der Waals surface area contributed by atoms with Crippen molar-refractivity contribution in [3.05, 3.63) is 65.2 Å². The monoisotopic (exact) mass is 296 g/mol. The summed E-state index contributed by atoms with van der Waals surface area (Å²) in [5.41, 5.74) is 4.68. The van der Waals surface area contributed by atoms with Gasteiger partial charge in [0.25, 0.3) is 0 Å². The Morgan fingerprint density at radius 1 is 1.09 bits per heavy atom. The van der Waals surface area contributed by atoms with Gasteiger partial charge < -0.3 is 10.2 Å². The zero-order valence-electron chi connectivity index (χ0n) is 13.6. The van der Waals surface area contributed by atoms with E-state index in [9.17, 15) is 4.79 Å². The van der Waals surface area contributed by atoms with E-state index in [2.05, 4.69) is 43.4 Å². The van der Waals surface area contributed by atoms with Crippen molar-refractivity contribution < 1.29 is 4.79 Å². The largest absolute Gasteiger partial charge is 0.376 e. The predicted octanol–water partition coefficient (Wildman–Crippen LogP) is 3.63. The van der Waals surface area contributed by atoms with Crippen LogP contribution in [0.25, 0.3) is 0 Å². The highest BCUT2D eigenvalue weighted by atomic mass is 16.2. The van der Waals surface area contributed by atoms with Crippen LogP contribution in [-0.4, -0.2) is 24.4 Å². The molecule has 2 aromatic rings. The number of hydrogen-bond acceptors (Lipinski definition) is 2. The molecule has 2 rings (SSSR count). The zero-order valence-corrected chi connectivity index (χ0v) is 13.6. The second-order valence-electron chi connectivity index (χ2n) is 5.58. The van der Waals surface area contributed by atoms with Crippen molar-refractivity contribution in [3.63, 3.8) is 0 Å². The summed E-state index contributed by atoms with van der Waals surface area (Å²) in [4.78, 5) is 14.0. The second-order valence-corrected chi connectivity index (χ2v) is 5.58. The van der Waals surface area contributed by atoms with Gasteiger partial charge in [-0.3, -0.25) is 4.79 Å². The molecule has 0 aliphatic carbocycles. The molecule has 3 nitrogen and oxygen atoms in total. The van der Waals surface area contributed by atoms with Gasteiger partial charge in [-0.25, -0.2) is 0 Å². The zero-order chi connectivity index (χ0) is 15.9. The first-order valence-corrected chi connectivity index (χ1v) is 7.71. The Bertz CT molecular complexity index is 620. The van der Waals surface area contributed by atoms with Crippen molar-refractivity contribution in [2.75, 3.05) is 18.9 Å². The molecule has 0 spiro atoms. The molecule has 3 heteroatoms. The predicted molar refractivity (Wildman–Crippen MR) is 92.0 cm³/mol. The van der Waals surface area contributed by atoms with Crippen LogP contribution in [0.5, 0.6) is 0 Å². The molecule has 22 heavy (non-hydrogen) atoms. The van der Waals surface area contributed by atoms with Crippen LogP contribution in [0.1, 0.15) is 23.6 Å². The maximum absolute atomic E-state index is 12.2. The maximum Gasteiger partial charge on any atom is 0.241 e. The number of carbonyl (C=O) groups excluding carboxylic acids is 1. The summed E-state index contributed by atoms with van der Waals surface area (Å²) in [5.74, 6) is 0.0859. The number of nitrogens with zero attached hydrogens (tertiary/aromatic N) is 1. The number of hydrogen-bond donors (Lipinski definition) is 1. The fraction of sp³-hybridized carbons (Fsp3) is 0.316. The Labute approximate surface area is 133 Å². The SMILES string of the molecule is CCc1ccc(NCC(=O)N(C)Cc2ccccc2C)cc1. The Hall–Kier alpha value is -2.29. The third-order valence-electron chi connectivity index (χ3n) is 3.90. The molecule has 0 unspecified atom stereocenters. The quantitative estimate of drug-likeness (QED) is 0.883. The fourth-order valence-corrected chi connectivity index (χ4v) is 2.30. The number of carbonyl (C=O) groups is 1. The summed E-state index contributed by atoms with van der Waals surface area (Å²) in [6, 6.07) is 16.4. The van der Waals surface area contributed by atoms with Crippen LogP contribution in [0.3, 0.4) is 0 Å². The van der Waals surface area contributed by atoms with Crippen molar-refractivity contribution in [3.8, 4) is 0 Å². The molecule has 0 fully saturated rings. The van der Waals surface area contributed by atoms with Crippen LogP contribution in [0, 0.1) is 6.92 Å². The van der Waals surface area contributed by atoms with Crippen molar-refractivity contribution >= 4 is 11.6 Å². The highest BCUT2D eigenvalue weighted by molar-refractivity contribution is 5.80. The number of benzene rings is 2. The van der Waals surface area contributed by atoms with Crippen molar-refractivity contribution in [2.45, 2.75) is 26.8 Å². The van der Waals surface area contributed by atoms with Crippen LogP contribution in [0.15, 0.2) is 48.5 Å². The molecular formula is C19H24N2O. The summed E-state index contributed by atoms with van der Waals surface area (Å²) >= 11 is 0. The number of amides is 1. The third kappa shape index (κ3) is 4.35.